The van der Waals surface area contributed by atoms with Crippen molar-refractivity contribution in [3.63, 3.8) is 0 Å². The third kappa shape index (κ3) is 8.36. The fraction of sp³-hybridized carbons (Fsp3) is 0.600. The van der Waals surface area contributed by atoms with E-state index in [9.17, 15) is 9.46 Å². The van der Waals surface area contributed by atoms with Gasteiger partial charge in [-0.2, -0.15) is 0 Å². The van der Waals surface area contributed by atoms with Crippen molar-refractivity contribution in [2.24, 2.45) is 0 Å². The zero-order valence-corrected chi connectivity index (χ0v) is 13.1. The predicted molar refractivity (Wildman–Crippen MR) is 80.8 cm³/mol. The van der Waals surface area contributed by atoms with Crippen molar-refractivity contribution in [1.82, 2.24) is 0 Å². The largest absolute Gasteiger partial charge is 0.527 e. The molecule has 1 rings (SSSR count). The summed E-state index contributed by atoms with van der Waals surface area (Å²) in [6.07, 6.45) is 7.99. The average molecular weight is 300 g/mol. The summed E-state index contributed by atoms with van der Waals surface area (Å²) in [5, 5.41) is 0. The second kappa shape index (κ2) is 9.98. The van der Waals surface area contributed by atoms with Crippen molar-refractivity contribution in [2.75, 3.05) is 6.61 Å². The summed E-state index contributed by atoms with van der Waals surface area (Å²) in [4.78, 5) is 9.55. The molecule has 0 saturated carbocycles. The van der Waals surface area contributed by atoms with Crippen LogP contribution in [0.1, 0.15) is 51.9 Å². The highest BCUT2D eigenvalue weighted by atomic mass is 31.2. The molecule has 0 amide bonds. The molecule has 0 aliphatic heterocycles. The van der Waals surface area contributed by atoms with E-state index < -0.39 is 7.82 Å². The van der Waals surface area contributed by atoms with E-state index in [1.165, 1.54) is 25.7 Å². The molecule has 20 heavy (non-hydrogen) atoms. The third-order valence-corrected chi connectivity index (χ3v) is 3.92. The van der Waals surface area contributed by atoms with Gasteiger partial charge in [0.15, 0.2) is 0 Å². The van der Waals surface area contributed by atoms with Crippen molar-refractivity contribution in [1.29, 1.82) is 0 Å². The number of hydrogen-bond acceptors (Lipinski definition) is 3. The molecule has 0 heterocycles. The topological polar surface area (TPSA) is 55.8 Å². The van der Waals surface area contributed by atoms with Crippen LogP contribution in [0.2, 0.25) is 0 Å². The molecule has 0 bridgehead atoms. The minimum absolute atomic E-state index is 0.258. The Morgan fingerprint density at radius 2 is 1.60 bits per heavy atom. The van der Waals surface area contributed by atoms with Crippen molar-refractivity contribution >= 4 is 7.82 Å². The second-order valence-corrected chi connectivity index (χ2v) is 6.21. The Morgan fingerprint density at radius 3 is 2.25 bits per heavy atom. The van der Waals surface area contributed by atoms with E-state index in [2.05, 4.69) is 6.92 Å². The molecule has 0 fully saturated rings. The van der Waals surface area contributed by atoms with Crippen LogP contribution in [0.5, 0.6) is 5.75 Å². The van der Waals surface area contributed by atoms with Crippen molar-refractivity contribution < 1.29 is 18.5 Å². The molecule has 0 aliphatic rings. The lowest BCUT2D eigenvalue weighted by Crippen LogP contribution is -1.99. The number of para-hydroxylation sites is 1. The number of rotatable bonds is 11. The highest BCUT2D eigenvalue weighted by Crippen LogP contribution is 2.43. The van der Waals surface area contributed by atoms with Crippen LogP contribution in [-0.2, 0) is 9.09 Å². The van der Waals surface area contributed by atoms with Crippen LogP contribution < -0.4 is 4.52 Å². The Labute approximate surface area is 121 Å². The van der Waals surface area contributed by atoms with Gasteiger partial charge in [-0.1, -0.05) is 63.6 Å². The maximum atomic E-state index is 11.7. The summed E-state index contributed by atoms with van der Waals surface area (Å²) in [7, 11) is -3.98. The molecule has 0 saturated heterocycles. The summed E-state index contributed by atoms with van der Waals surface area (Å²) in [6, 6.07) is 8.55. The lowest BCUT2D eigenvalue weighted by Gasteiger charge is -2.12. The SMILES string of the molecule is CCCCCCCCCOP(=O)(O)Oc1ccccc1. The fourth-order valence-corrected chi connectivity index (χ4v) is 2.68. The first-order chi connectivity index (χ1) is 9.64. The summed E-state index contributed by atoms with van der Waals surface area (Å²) < 4.78 is 21.6. The monoisotopic (exact) mass is 300 g/mol. The smallest absolute Gasteiger partial charge is 0.404 e. The molecule has 1 aromatic carbocycles. The second-order valence-electron chi connectivity index (χ2n) is 4.83. The minimum Gasteiger partial charge on any atom is -0.404 e. The fourth-order valence-electron chi connectivity index (χ4n) is 1.88. The van der Waals surface area contributed by atoms with E-state index in [0.29, 0.717) is 5.75 Å². The molecule has 0 aliphatic carbocycles. The van der Waals surface area contributed by atoms with Gasteiger partial charge in [-0.3, -0.25) is 9.42 Å². The van der Waals surface area contributed by atoms with Gasteiger partial charge in [0.1, 0.15) is 5.75 Å². The van der Waals surface area contributed by atoms with Crippen LogP contribution in [0, 0.1) is 0 Å². The Hall–Kier alpha value is -0.830. The highest BCUT2D eigenvalue weighted by molar-refractivity contribution is 7.47. The maximum absolute atomic E-state index is 11.7. The number of unbranched alkanes of at least 4 members (excludes halogenated alkanes) is 6. The molecule has 1 atom stereocenters. The number of phosphoric ester groups is 1. The Balaban J connectivity index is 2.09. The molecular weight excluding hydrogens is 275 g/mol. The Morgan fingerprint density at radius 1 is 1.00 bits per heavy atom. The van der Waals surface area contributed by atoms with Gasteiger partial charge in [-0.05, 0) is 18.6 Å². The van der Waals surface area contributed by atoms with Crippen LogP contribution in [0.3, 0.4) is 0 Å². The van der Waals surface area contributed by atoms with Crippen LogP contribution in [0.15, 0.2) is 30.3 Å². The highest BCUT2D eigenvalue weighted by Gasteiger charge is 2.22. The number of phosphoric acid groups is 1. The van der Waals surface area contributed by atoms with Gasteiger partial charge in [-0.25, -0.2) is 4.57 Å². The van der Waals surface area contributed by atoms with E-state index in [0.717, 1.165) is 19.3 Å². The number of hydrogen-bond donors (Lipinski definition) is 1. The Bertz CT molecular complexity index is 394. The lowest BCUT2D eigenvalue weighted by atomic mass is 10.1. The van der Waals surface area contributed by atoms with Gasteiger partial charge < -0.3 is 4.52 Å². The van der Waals surface area contributed by atoms with E-state index >= 15 is 0 Å². The normalized spacial score (nSPS) is 13.9. The van der Waals surface area contributed by atoms with Gasteiger partial charge in [0.25, 0.3) is 0 Å². The van der Waals surface area contributed by atoms with Crippen molar-refractivity contribution in [3.8, 4) is 5.75 Å². The van der Waals surface area contributed by atoms with Crippen LogP contribution >= 0.6 is 7.82 Å². The lowest BCUT2D eigenvalue weighted by molar-refractivity contribution is 0.199. The molecule has 5 heteroatoms. The molecule has 1 unspecified atom stereocenters. The third-order valence-electron chi connectivity index (χ3n) is 2.97. The van der Waals surface area contributed by atoms with E-state index in [-0.39, 0.29) is 6.61 Å². The first-order valence-electron chi connectivity index (χ1n) is 7.36. The van der Waals surface area contributed by atoms with Crippen LogP contribution in [-0.4, -0.2) is 11.5 Å². The van der Waals surface area contributed by atoms with Crippen molar-refractivity contribution in [3.05, 3.63) is 30.3 Å². The molecule has 114 valence electrons. The van der Waals surface area contributed by atoms with Gasteiger partial charge in [-0.15, -0.1) is 0 Å². The molecular formula is C15H25O4P. The standard InChI is InChI=1S/C15H25O4P/c1-2-3-4-5-6-7-11-14-18-20(16,17)19-15-12-9-8-10-13-15/h8-10,12-13H,2-7,11,14H2,1H3,(H,16,17). The summed E-state index contributed by atoms with van der Waals surface area (Å²) >= 11 is 0. The zero-order chi connectivity index (χ0) is 14.7. The van der Waals surface area contributed by atoms with Crippen LogP contribution in [0.4, 0.5) is 0 Å². The summed E-state index contributed by atoms with van der Waals surface area (Å²) in [6.45, 7) is 2.45. The van der Waals surface area contributed by atoms with Crippen molar-refractivity contribution in [2.45, 2.75) is 51.9 Å². The number of benzene rings is 1. The van der Waals surface area contributed by atoms with Gasteiger partial charge >= 0.3 is 7.82 Å². The van der Waals surface area contributed by atoms with E-state index in [1.54, 1.807) is 24.3 Å². The summed E-state index contributed by atoms with van der Waals surface area (Å²) in [5.41, 5.74) is 0. The minimum atomic E-state index is -3.98. The van der Waals surface area contributed by atoms with E-state index in [4.69, 9.17) is 9.05 Å². The summed E-state index contributed by atoms with van der Waals surface area (Å²) in [5.74, 6) is 0.345. The molecule has 0 spiro atoms. The molecule has 4 nitrogen and oxygen atoms in total. The van der Waals surface area contributed by atoms with Gasteiger partial charge in [0.2, 0.25) is 0 Å². The quantitative estimate of drug-likeness (QED) is 0.465. The predicted octanol–water partition coefficient (Wildman–Crippen LogP) is 4.93. The maximum Gasteiger partial charge on any atom is 0.527 e. The first kappa shape index (κ1) is 17.2. The molecule has 0 radical (unpaired) electrons. The van der Waals surface area contributed by atoms with Gasteiger partial charge in [0, 0.05) is 0 Å². The van der Waals surface area contributed by atoms with E-state index in [1.807, 2.05) is 6.07 Å². The Kier molecular flexibility index (Phi) is 8.59. The first-order valence-corrected chi connectivity index (χ1v) is 8.85. The zero-order valence-electron chi connectivity index (χ0n) is 12.2. The molecule has 0 aromatic heterocycles. The molecule has 1 aromatic rings. The molecule has 1 N–H and O–H groups in total. The van der Waals surface area contributed by atoms with Gasteiger partial charge in [0.05, 0.1) is 6.61 Å². The average Bonchev–Trinajstić information content (AvgIpc) is 2.42. The van der Waals surface area contributed by atoms with Crippen LogP contribution in [0.25, 0.3) is 0 Å².